The maximum absolute atomic E-state index is 12.0. The first-order chi connectivity index (χ1) is 10.6. The fourth-order valence-corrected chi connectivity index (χ4v) is 2.44. The van der Waals surface area contributed by atoms with Crippen LogP contribution in [-0.2, 0) is 4.79 Å². The van der Waals surface area contributed by atoms with Crippen LogP contribution in [0.5, 0.6) is 11.5 Å². The number of nitrogens with one attached hydrogen (secondary N) is 1. The molecule has 112 valence electrons. The summed E-state index contributed by atoms with van der Waals surface area (Å²) in [5.74, 6) is -0.0243. The number of benzene rings is 2. The van der Waals surface area contributed by atoms with Gasteiger partial charge in [-0.2, -0.15) is 5.10 Å². The number of hydrazone groups is 1. The summed E-state index contributed by atoms with van der Waals surface area (Å²) in [5, 5.41) is 22.7. The summed E-state index contributed by atoms with van der Waals surface area (Å²) < 4.78 is 0. The van der Waals surface area contributed by atoms with Crippen LogP contribution in [0.4, 0.5) is 0 Å². The average molecular weight is 296 g/mol. The fourth-order valence-electron chi connectivity index (χ4n) is 2.44. The Balaban J connectivity index is 1.56. The van der Waals surface area contributed by atoms with Gasteiger partial charge in [-0.25, -0.2) is 5.43 Å². The van der Waals surface area contributed by atoms with Crippen molar-refractivity contribution < 1.29 is 15.0 Å². The van der Waals surface area contributed by atoms with Gasteiger partial charge in [-0.05, 0) is 30.0 Å². The number of nitrogens with zero attached hydrogens (tertiary/aromatic N) is 1. The lowest BCUT2D eigenvalue weighted by atomic mass is 10.1. The van der Waals surface area contributed by atoms with Crippen molar-refractivity contribution in [3.05, 3.63) is 59.7 Å². The fraction of sp³-hybridized carbons (Fsp3) is 0.176. The molecule has 3 N–H and O–H groups in total. The molecule has 0 bridgehead atoms. The van der Waals surface area contributed by atoms with E-state index in [2.05, 4.69) is 10.5 Å². The summed E-state index contributed by atoms with van der Waals surface area (Å²) in [6.07, 6.45) is 2.18. The van der Waals surface area contributed by atoms with E-state index in [0.717, 1.165) is 6.42 Å². The van der Waals surface area contributed by atoms with E-state index >= 15 is 0 Å². The number of hydrogen-bond acceptors (Lipinski definition) is 4. The highest BCUT2D eigenvalue weighted by Gasteiger charge is 2.43. The Kier molecular flexibility index (Phi) is 3.78. The molecule has 1 amide bonds. The number of carbonyl (C=O) groups excluding carboxylic acids is 1. The summed E-state index contributed by atoms with van der Waals surface area (Å²) in [5.41, 5.74) is 4.09. The average Bonchev–Trinajstić information content (AvgIpc) is 3.31. The van der Waals surface area contributed by atoms with E-state index in [-0.39, 0.29) is 29.2 Å². The molecule has 3 rings (SSSR count). The molecule has 22 heavy (non-hydrogen) atoms. The van der Waals surface area contributed by atoms with Gasteiger partial charge >= 0.3 is 0 Å². The molecule has 0 unspecified atom stereocenters. The second-order valence-corrected chi connectivity index (χ2v) is 5.34. The minimum absolute atomic E-state index is 0.0256. The first-order valence-corrected chi connectivity index (χ1v) is 7.05. The molecule has 2 aromatic rings. The molecule has 0 aliphatic heterocycles. The minimum atomic E-state index is -0.122. The third kappa shape index (κ3) is 3.09. The van der Waals surface area contributed by atoms with Crippen LogP contribution in [0, 0.1) is 5.92 Å². The van der Waals surface area contributed by atoms with Gasteiger partial charge in [0.15, 0.2) is 0 Å². The van der Waals surface area contributed by atoms with E-state index in [1.54, 1.807) is 0 Å². The quantitative estimate of drug-likeness (QED) is 0.598. The second-order valence-electron chi connectivity index (χ2n) is 5.34. The Morgan fingerprint density at radius 3 is 2.68 bits per heavy atom. The Morgan fingerprint density at radius 2 is 1.95 bits per heavy atom. The molecule has 0 spiro atoms. The van der Waals surface area contributed by atoms with Gasteiger partial charge in [0.25, 0.3) is 0 Å². The van der Waals surface area contributed by atoms with Crippen molar-refractivity contribution in [2.45, 2.75) is 12.3 Å². The predicted octanol–water partition coefficient (Wildman–Crippen LogP) is 2.35. The standard InChI is InChI=1S/C17H16N2O3/c20-13-7-6-12(16(21)8-13)10-18-19-17(22)15-9-14(15)11-4-2-1-3-5-11/h1-8,10,14-15,20-21H,9H2,(H,19,22)/b18-10-/t14-,15+/m0/s1. The van der Waals surface area contributed by atoms with Gasteiger partial charge in [-0.3, -0.25) is 4.79 Å². The molecule has 0 saturated heterocycles. The molecule has 0 heterocycles. The molecular formula is C17H16N2O3. The van der Waals surface area contributed by atoms with Gasteiger partial charge in [0.05, 0.1) is 6.21 Å². The predicted molar refractivity (Wildman–Crippen MR) is 82.8 cm³/mol. The van der Waals surface area contributed by atoms with Gasteiger partial charge in [-0.1, -0.05) is 30.3 Å². The number of phenolic OH excluding ortho intramolecular Hbond substituents is 2. The normalized spacial score (nSPS) is 20.0. The first-order valence-electron chi connectivity index (χ1n) is 7.05. The summed E-state index contributed by atoms with van der Waals surface area (Å²) in [6.45, 7) is 0. The lowest BCUT2D eigenvalue weighted by Crippen LogP contribution is -2.20. The van der Waals surface area contributed by atoms with E-state index in [1.165, 1.54) is 30.0 Å². The Bertz CT molecular complexity index is 713. The largest absolute Gasteiger partial charge is 0.508 e. The molecule has 0 radical (unpaired) electrons. The third-order valence-corrected chi connectivity index (χ3v) is 3.75. The molecule has 1 aliphatic rings. The van der Waals surface area contributed by atoms with Crippen molar-refractivity contribution in [3.8, 4) is 11.5 Å². The molecule has 5 heteroatoms. The summed E-state index contributed by atoms with van der Waals surface area (Å²) in [7, 11) is 0. The van der Waals surface area contributed by atoms with Crippen molar-refractivity contribution in [1.82, 2.24) is 5.43 Å². The highest BCUT2D eigenvalue weighted by molar-refractivity contribution is 5.87. The maximum atomic E-state index is 12.0. The molecular weight excluding hydrogens is 280 g/mol. The second kappa shape index (κ2) is 5.89. The Labute approximate surface area is 127 Å². The number of phenols is 2. The van der Waals surface area contributed by atoms with Gasteiger partial charge in [-0.15, -0.1) is 0 Å². The molecule has 5 nitrogen and oxygen atoms in total. The van der Waals surface area contributed by atoms with Crippen LogP contribution in [-0.4, -0.2) is 22.3 Å². The zero-order valence-electron chi connectivity index (χ0n) is 11.8. The van der Waals surface area contributed by atoms with Crippen molar-refractivity contribution in [3.63, 3.8) is 0 Å². The van der Waals surface area contributed by atoms with Crippen LogP contribution in [0.2, 0.25) is 0 Å². The smallest absolute Gasteiger partial charge is 0.243 e. The maximum Gasteiger partial charge on any atom is 0.243 e. The van der Waals surface area contributed by atoms with Crippen LogP contribution in [0.3, 0.4) is 0 Å². The van der Waals surface area contributed by atoms with Gasteiger partial charge in [0, 0.05) is 17.5 Å². The minimum Gasteiger partial charge on any atom is -0.508 e. The zero-order chi connectivity index (χ0) is 15.5. The van der Waals surface area contributed by atoms with E-state index in [0.29, 0.717) is 5.56 Å². The Hall–Kier alpha value is -2.82. The molecule has 1 saturated carbocycles. The molecule has 2 atom stereocenters. The SMILES string of the molecule is O=C(N/N=C\c1ccc(O)cc1O)[C@@H]1C[C@H]1c1ccccc1. The number of hydrogen-bond donors (Lipinski definition) is 3. The van der Waals surface area contributed by atoms with Gasteiger partial charge in [0.2, 0.25) is 5.91 Å². The third-order valence-electron chi connectivity index (χ3n) is 3.75. The number of rotatable bonds is 4. The van der Waals surface area contributed by atoms with Crippen molar-refractivity contribution in [2.75, 3.05) is 0 Å². The van der Waals surface area contributed by atoms with Crippen LogP contribution < -0.4 is 5.43 Å². The van der Waals surface area contributed by atoms with Crippen molar-refractivity contribution in [1.29, 1.82) is 0 Å². The highest BCUT2D eigenvalue weighted by Crippen LogP contribution is 2.47. The first kappa shape index (κ1) is 14.1. The van der Waals surface area contributed by atoms with E-state index in [1.807, 2.05) is 30.3 Å². The molecule has 0 aromatic heterocycles. The number of aromatic hydroxyl groups is 2. The van der Waals surface area contributed by atoms with Crippen LogP contribution in [0.15, 0.2) is 53.6 Å². The molecule has 1 aliphatic carbocycles. The number of carbonyl (C=O) groups is 1. The van der Waals surface area contributed by atoms with E-state index in [9.17, 15) is 15.0 Å². The Morgan fingerprint density at radius 1 is 1.18 bits per heavy atom. The van der Waals surface area contributed by atoms with E-state index < -0.39 is 0 Å². The summed E-state index contributed by atoms with van der Waals surface area (Å²) in [4.78, 5) is 12.0. The summed E-state index contributed by atoms with van der Waals surface area (Å²) in [6, 6.07) is 14.1. The van der Waals surface area contributed by atoms with Gasteiger partial charge < -0.3 is 10.2 Å². The van der Waals surface area contributed by atoms with Crippen LogP contribution >= 0.6 is 0 Å². The van der Waals surface area contributed by atoms with Crippen molar-refractivity contribution >= 4 is 12.1 Å². The van der Waals surface area contributed by atoms with E-state index in [4.69, 9.17) is 0 Å². The molecule has 1 fully saturated rings. The van der Waals surface area contributed by atoms with Crippen LogP contribution in [0.25, 0.3) is 0 Å². The zero-order valence-corrected chi connectivity index (χ0v) is 11.8. The monoisotopic (exact) mass is 296 g/mol. The number of amides is 1. The van der Waals surface area contributed by atoms with Gasteiger partial charge in [0.1, 0.15) is 11.5 Å². The molecule has 2 aromatic carbocycles. The highest BCUT2D eigenvalue weighted by atomic mass is 16.3. The topological polar surface area (TPSA) is 81.9 Å². The lowest BCUT2D eigenvalue weighted by molar-refractivity contribution is -0.122. The summed E-state index contributed by atoms with van der Waals surface area (Å²) >= 11 is 0. The van der Waals surface area contributed by atoms with Crippen molar-refractivity contribution in [2.24, 2.45) is 11.0 Å². The lowest BCUT2D eigenvalue weighted by Gasteiger charge is -2.01. The van der Waals surface area contributed by atoms with Crippen LogP contribution in [0.1, 0.15) is 23.5 Å².